The molecule has 3 aromatic rings. The molecule has 0 spiro atoms. The van der Waals surface area contributed by atoms with Gasteiger partial charge < -0.3 is 10.6 Å². The lowest BCUT2D eigenvalue weighted by atomic mass is 10.3. The molecule has 1 aromatic carbocycles. The first-order valence-corrected chi connectivity index (χ1v) is 7.40. The quantitative estimate of drug-likeness (QED) is 0.752. The zero-order valence-electron chi connectivity index (χ0n) is 10.1. The number of halogens is 1. The van der Waals surface area contributed by atoms with E-state index < -0.39 is 0 Å². The lowest BCUT2D eigenvalue weighted by Gasteiger charge is -2.09. The van der Waals surface area contributed by atoms with Crippen molar-refractivity contribution in [2.24, 2.45) is 0 Å². The van der Waals surface area contributed by atoms with Crippen LogP contribution in [-0.4, -0.2) is 17.0 Å². The molecule has 0 amide bonds. The minimum Gasteiger partial charge on any atom is -0.357 e. The largest absolute Gasteiger partial charge is 0.357 e. The summed E-state index contributed by atoms with van der Waals surface area (Å²) in [6.45, 7) is 0. The summed E-state index contributed by atoms with van der Waals surface area (Å²) in [6, 6.07) is 9.99. The highest BCUT2D eigenvalue weighted by molar-refractivity contribution is 9.10. The van der Waals surface area contributed by atoms with Crippen LogP contribution < -0.4 is 10.6 Å². The maximum atomic E-state index is 4.48. The summed E-state index contributed by atoms with van der Waals surface area (Å²) < 4.78 is 1.00. The van der Waals surface area contributed by atoms with Gasteiger partial charge in [0.1, 0.15) is 10.6 Å². The average molecular weight is 335 g/mol. The summed E-state index contributed by atoms with van der Waals surface area (Å²) in [5.41, 5.74) is 0.982. The van der Waals surface area contributed by atoms with E-state index in [1.165, 1.54) is 0 Å². The molecule has 0 aliphatic heterocycles. The highest BCUT2D eigenvalue weighted by Gasteiger charge is 2.09. The molecule has 2 heterocycles. The van der Waals surface area contributed by atoms with E-state index in [0.29, 0.717) is 5.95 Å². The summed E-state index contributed by atoms with van der Waals surface area (Å²) >= 11 is 5.13. The van der Waals surface area contributed by atoms with Gasteiger partial charge in [-0.05, 0) is 39.5 Å². The van der Waals surface area contributed by atoms with Crippen LogP contribution in [-0.2, 0) is 0 Å². The van der Waals surface area contributed by atoms with E-state index in [9.17, 15) is 0 Å². The van der Waals surface area contributed by atoms with Crippen molar-refractivity contribution in [2.75, 3.05) is 17.7 Å². The molecule has 0 aliphatic rings. The van der Waals surface area contributed by atoms with Crippen molar-refractivity contribution in [1.29, 1.82) is 0 Å². The number of hydrogen-bond donors (Lipinski definition) is 2. The van der Waals surface area contributed by atoms with E-state index in [4.69, 9.17) is 0 Å². The third kappa shape index (κ3) is 2.41. The fourth-order valence-corrected chi connectivity index (χ4v) is 2.90. The van der Waals surface area contributed by atoms with Crippen molar-refractivity contribution < 1.29 is 0 Å². The lowest BCUT2D eigenvalue weighted by molar-refractivity contribution is 1.20. The molecule has 0 fully saturated rings. The number of nitrogens with zero attached hydrogens (tertiary/aromatic N) is 2. The summed E-state index contributed by atoms with van der Waals surface area (Å²) in [6.07, 6.45) is 0. The van der Waals surface area contributed by atoms with Gasteiger partial charge in [-0.25, -0.2) is 4.98 Å². The molecule has 4 nitrogen and oxygen atoms in total. The topological polar surface area (TPSA) is 49.8 Å². The number of para-hydroxylation sites is 1. The highest BCUT2D eigenvalue weighted by Crippen LogP contribution is 2.31. The molecular formula is C13H11BrN4S. The number of aromatic nitrogens is 2. The van der Waals surface area contributed by atoms with Gasteiger partial charge in [-0.2, -0.15) is 4.98 Å². The molecular weight excluding hydrogens is 324 g/mol. The standard InChI is InChI=1S/C13H11BrN4S/c1-15-13-17-11(8-6-7-19-12(8)18-13)16-10-5-3-2-4-9(10)14/h2-7H,1H3,(H2,15,16,17,18). The number of benzene rings is 1. The van der Waals surface area contributed by atoms with Crippen LogP contribution in [0.5, 0.6) is 0 Å². The summed E-state index contributed by atoms with van der Waals surface area (Å²) in [7, 11) is 1.82. The average Bonchev–Trinajstić information content (AvgIpc) is 2.89. The van der Waals surface area contributed by atoms with Crippen molar-refractivity contribution >= 4 is 54.9 Å². The van der Waals surface area contributed by atoms with Gasteiger partial charge in [0.15, 0.2) is 0 Å². The molecule has 2 N–H and O–H groups in total. The van der Waals surface area contributed by atoms with Crippen LogP contribution in [0.15, 0.2) is 40.2 Å². The Morgan fingerprint density at radius 2 is 2.00 bits per heavy atom. The number of nitrogens with one attached hydrogen (secondary N) is 2. The fraction of sp³-hybridized carbons (Fsp3) is 0.0769. The number of hydrogen-bond acceptors (Lipinski definition) is 5. The van der Waals surface area contributed by atoms with Crippen LogP contribution in [0.3, 0.4) is 0 Å². The SMILES string of the molecule is CNc1nc(Nc2ccccc2Br)c2ccsc2n1. The molecule has 0 atom stereocenters. The van der Waals surface area contributed by atoms with E-state index in [1.54, 1.807) is 11.3 Å². The molecule has 0 saturated carbocycles. The summed E-state index contributed by atoms with van der Waals surface area (Å²) in [4.78, 5) is 9.87. The van der Waals surface area contributed by atoms with Crippen LogP contribution in [0.2, 0.25) is 0 Å². The Kier molecular flexibility index (Phi) is 3.35. The number of anilines is 3. The predicted octanol–water partition coefficient (Wildman–Crippen LogP) is 4.24. The van der Waals surface area contributed by atoms with E-state index in [-0.39, 0.29) is 0 Å². The van der Waals surface area contributed by atoms with Gasteiger partial charge in [0, 0.05) is 11.5 Å². The zero-order chi connectivity index (χ0) is 13.2. The first-order valence-electron chi connectivity index (χ1n) is 5.72. The van der Waals surface area contributed by atoms with Crippen LogP contribution in [0, 0.1) is 0 Å². The predicted molar refractivity (Wildman–Crippen MR) is 84.4 cm³/mol. The van der Waals surface area contributed by atoms with Crippen molar-refractivity contribution in [3.8, 4) is 0 Å². The van der Waals surface area contributed by atoms with Crippen molar-refractivity contribution in [3.05, 3.63) is 40.2 Å². The number of thiophene rings is 1. The van der Waals surface area contributed by atoms with Gasteiger partial charge >= 0.3 is 0 Å². The Balaban J connectivity index is 2.09. The molecule has 0 radical (unpaired) electrons. The van der Waals surface area contributed by atoms with Gasteiger partial charge in [-0.1, -0.05) is 12.1 Å². The van der Waals surface area contributed by atoms with Crippen LogP contribution in [0.25, 0.3) is 10.2 Å². The van der Waals surface area contributed by atoms with E-state index >= 15 is 0 Å². The molecule has 2 aromatic heterocycles. The minimum absolute atomic E-state index is 0.615. The number of fused-ring (bicyclic) bond motifs is 1. The van der Waals surface area contributed by atoms with Gasteiger partial charge in [0.25, 0.3) is 0 Å². The first-order chi connectivity index (χ1) is 9.28. The summed E-state index contributed by atoms with van der Waals surface area (Å²) in [5, 5.41) is 9.37. The van der Waals surface area contributed by atoms with Gasteiger partial charge in [-0.15, -0.1) is 11.3 Å². The normalized spacial score (nSPS) is 10.6. The van der Waals surface area contributed by atoms with Crippen molar-refractivity contribution in [2.45, 2.75) is 0 Å². The van der Waals surface area contributed by atoms with Crippen molar-refractivity contribution in [3.63, 3.8) is 0 Å². The second-order valence-corrected chi connectivity index (χ2v) is 5.64. The van der Waals surface area contributed by atoms with Gasteiger partial charge in [0.2, 0.25) is 5.95 Å². The Bertz CT molecular complexity index is 725. The lowest BCUT2D eigenvalue weighted by Crippen LogP contribution is -2.01. The molecule has 6 heteroatoms. The van der Waals surface area contributed by atoms with E-state index in [0.717, 1.165) is 26.2 Å². The molecule has 0 aliphatic carbocycles. The first kappa shape index (κ1) is 12.4. The third-order valence-corrected chi connectivity index (χ3v) is 4.17. The Hall–Kier alpha value is -1.66. The van der Waals surface area contributed by atoms with Crippen LogP contribution >= 0.6 is 27.3 Å². The second-order valence-electron chi connectivity index (χ2n) is 3.89. The minimum atomic E-state index is 0.615. The van der Waals surface area contributed by atoms with Crippen LogP contribution in [0.4, 0.5) is 17.5 Å². The molecule has 19 heavy (non-hydrogen) atoms. The molecule has 3 rings (SSSR count). The van der Waals surface area contributed by atoms with Crippen molar-refractivity contribution in [1.82, 2.24) is 9.97 Å². The monoisotopic (exact) mass is 334 g/mol. The van der Waals surface area contributed by atoms with E-state index in [1.807, 2.05) is 42.8 Å². The Morgan fingerprint density at radius 1 is 1.16 bits per heavy atom. The third-order valence-electron chi connectivity index (χ3n) is 2.68. The molecule has 0 unspecified atom stereocenters. The maximum Gasteiger partial charge on any atom is 0.225 e. The highest BCUT2D eigenvalue weighted by atomic mass is 79.9. The smallest absolute Gasteiger partial charge is 0.225 e. The zero-order valence-corrected chi connectivity index (χ0v) is 12.5. The van der Waals surface area contributed by atoms with E-state index in [2.05, 4.69) is 36.5 Å². The second kappa shape index (κ2) is 5.14. The van der Waals surface area contributed by atoms with Crippen LogP contribution in [0.1, 0.15) is 0 Å². The fourth-order valence-electron chi connectivity index (χ4n) is 1.75. The molecule has 0 saturated heterocycles. The molecule has 0 bridgehead atoms. The maximum absolute atomic E-state index is 4.48. The Morgan fingerprint density at radius 3 is 2.79 bits per heavy atom. The Labute approximate surface area is 123 Å². The summed E-state index contributed by atoms with van der Waals surface area (Å²) in [5.74, 6) is 1.42. The van der Waals surface area contributed by atoms with Gasteiger partial charge in [-0.3, -0.25) is 0 Å². The molecule has 96 valence electrons. The number of rotatable bonds is 3. The van der Waals surface area contributed by atoms with Gasteiger partial charge in [0.05, 0.1) is 11.1 Å².